The van der Waals surface area contributed by atoms with E-state index in [0.29, 0.717) is 23.5 Å². The molecular formula is C13H16N4O2. The highest BCUT2D eigenvalue weighted by molar-refractivity contribution is 5.95. The molecule has 2 rings (SSSR count). The molecule has 6 heteroatoms. The van der Waals surface area contributed by atoms with Crippen LogP contribution in [0.3, 0.4) is 0 Å². The lowest BCUT2D eigenvalue weighted by Crippen LogP contribution is -2.23. The van der Waals surface area contributed by atoms with Crippen LogP contribution in [-0.4, -0.2) is 23.2 Å². The molecule has 19 heavy (non-hydrogen) atoms. The van der Waals surface area contributed by atoms with Gasteiger partial charge in [0.15, 0.2) is 0 Å². The second-order valence-electron chi connectivity index (χ2n) is 4.20. The molecule has 1 aromatic carbocycles. The summed E-state index contributed by atoms with van der Waals surface area (Å²) in [5.74, 6) is 0.357. The van der Waals surface area contributed by atoms with Crippen LogP contribution in [0.15, 0.2) is 24.4 Å². The van der Waals surface area contributed by atoms with E-state index in [2.05, 4.69) is 15.5 Å². The van der Waals surface area contributed by atoms with Gasteiger partial charge in [-0.1, -0.05) is 0 Å². The molecule has 0 bridgehead atoms. The van der Waals surface area contributed by atoms with Gasteiger partial charge in [0.05, 0.1) is 13.3 Å². The van der Waals surface area contributed by atoms with E-state index in [0.717, 1.165) is 11.3 Å². The van der Waals surface area contributed by atoms with Gasteiger partial charge in [0.1, 0.15) is 5.75 Å². The van der Waals surface area contributed by atoms with Gasteiger partial charge in [-0.15, -0.1) is 0 Å². The summed E-state index contributed by atoms with van der Waals surface area (Å²) in [5, 5.41) is 9.53. The fourth-order valence-corrected chi connectivity index (χ4v) is 1.70. The van der Waals surface area contributed by atoms with Crippen LogP contribution >= 0.6 is 0 Å². The second-order valence-corrected chi connectivity index (χ2v) is 4.20. The number of benzene rings is 1. The summed E-state index contributed by atoms with van der Waals surface area (Å²) in [6.45, 7) is 2.32. The Balaban J connectivity index is 2.08. The lowest BCUT2D eigenvalue weighted by molar-refractivity contribution is 0.0950. The molecule has 0 fully saturated rings. The van der Waals surface area contributed by atoms with Crippen LogP contribution in [0.2, 0.25) is 0 Å². The molecule has 0 aliphatic rings. The van der Waals surface area contributed by atoms with Crippen molar-refractivity contribution in [3.05, 3.63) is 41.2 Å². The molecule has 0 unspecified atom stereocenters. The van der Waals surface area contributed by atoms with Gasteiger partial charge in [-0.05, 0) is 19.1 Å². The van der Waals surface area contributed by atoms with E-state index < -0.39 is 0 Å². The topological polar surface area (TPSA) is 93.0 Å². The zero-order chi connectivity index (χ0) is 13.8. The van der Waals surface area contributed by atoms with Crippen molar-refractivity contribution in [2.45, 2.75) is 13.5 Å². The summed E-state index contributed by atoms with van der Waals surface area (Å²) >= 11 is 0. The summed E-state index contributed by atoms with van der Waals surface area (Å²) in [7, 11) is 1.53. The number of H-pyrrole nitrogens is 1. The summed E-state index contributed by atoms with van der Waals surface area (Å²) in [6, 6.07) is 4.92. The van der Waals surface area contributed by atoms with Crippen molar-refractivity contribution in [1.29, 1.82) is 0 Å². The molecule has 100 valence electrons. The van der Waals surface area contributed by atoms with Crippen molar-refractivity contribution in [2.24, 2.45) is 0 Å². The average Bonchev–Trinajstić information content (AvgIpc) is 2.80. The Morgan fingerprint density at radius 2 is 2.26 bits per heavy atom. The van der Waals surface area contributed by atoms with Crippen molar-refractivity contribution < 1.29 is 9.53 Å². The molecule has 0 saturated carbocycles. The number of nitrogen functional groups attached to an aromatic ring is 1. The van der Waals surface area contributed by atoms with Gasteiger partial charge in [0, 0.05) is 35.1 Å². The van der Waals surface area contributed by atoms with Crippen LogP contribution < -0.4 is 15.8 Å². The Kier molecular flexibility index (Phi) is 3.70. The number of nitrogens with zero attached hydrogens (tertiary/aromatic N) is 1. The third-order valence-electron chi connectivity index (χ3n) is 2.80. The van der Waals surface area contributed by atoms with E-state index >= 15 is 0 Å². The van der Waals surface area contributed by atoms with Gasteiger partial charge in [0.2, 0.25) is 0 Å². The monoisotopic (exact) mass is 260 g/mol. The highest BCUT2D eigenvalue weighted by Gasteiger charge is 2.09. The molecule has 1 amide bonds. The SMILES string of the molecule is COc1cc(N)cc(C(=O)NCc2cn[nH]c2C)c1. The normalized spacial score (nSPS) is 10.2. The minimum Gasteiger partial charge on any atom is -0.497 e. The quantitative estimate of drug-likeness (QED) is 0.721. The van der Waals surface area contributed by atoms with E-state index in [4.69, 9.17) is 10.5 Å². The Hall–Kier alpha value is -2.50. The zero-order valence-electron chi connectivity index (χ0n) is 10.9. The number of hydrogen-bond donors (Lipinski definition) is 3. The number of ether oxygens (including phenoxy) is 1. The molecule has 0 saturated heterocycles. The van der Waals surface area contributed by atoms with E-state index in [9.17, 15) is 4.79 Å². The molecule has 4 N–H and O–H groups in total. The van der Waals surface area contributed by atoms with Crippen molar-refractivity contribution >= 4 is 11.6 Å². The summed E-state index contributed by atoms with van der Waals surface area (Å²) < 4.78 is 5.08. The minimum atomic E-state index is -0.203. The van der Waals surface area contributed by atoms with Crippen LogP contribution in [0.5, 0.6) is 5.75 Å². The lowest BCUT2D eigenvalue weighted by Gasteiger charge is -2.07. The van der Waals surface area contributed by atoms with E-state index in [-0.39, 0.29) is 5.91 Å². The smallest absolute Gasteiger partial charge is 0.251 e. The summed E-state index contributed by atoms with van der Waals surface area (Å²) in [6.07, 6.45) is 1.69. The number of methoxy groups -OCH3 is 1. The lowest BCUT2D eigenvalue weighted by atomic mass is 10.1. The number of carbonyl (C=O) groups excluding carboxylic acids is 1. The fourth-order valence-electron chi connectivity index (χ4n) is 1.70. The highest BCUT2D eigenvalue weighted by Crippen LogP contribution is 2.18. The van der Waals surface area contributed by atoms with Crippen LogP contribution in [-0.2, 0) is 6.54 Å². The van der Waals surface area contributed by atoms with Crippen LogP contribution in [0.25, 0.3) is 0 Å². The number of aromatic amines is 1. The standard InChI is InChI=1S/C13H16N4O2/c1-8-10(7-16-17-8)6-15-13(18)9-3-11(14)5-12(4-9)19-2/h3-5,7H,6,14H2,1-2H3,(H,15,18)(H,16,17). The number of hydrogen-bond acceptors (Lipinski definition) is 4. The van der Waals surface area contributed by atoms with Gasteiger partial charge >= 0.3 is 0 Å². The molecule has 0 spiro atoms. The van der Waals surface area contributed by atoms with E-state index in [1.807, 2.05) is 6.92 Å². The van der Waals surface area contributed by atoms with Crippen molar-refractivity contribution in [2.75, 3.05) is 12.8 Å². The predicted molar refractivity (Wildman–Crippen MR) is 71.9 cm³/mol. The van der Waals surface area contributed by atoms with Gasteiger partial charge in [-0.3, -0.25) is 9.89 Å². The number of nitrogens with two attached hydrogens (primary N) is 1. The zero-order valence-corrected chi connectivity index (χ0v) is 10.9. The van der Waals surface area contributed by atoms with E-state index in [1.54, 1.807) is 24.4 Å². The summed E-state index contributed by atoms with van der Waals surface area (Å²) in [5.41, 5.74) is 8.56. The molecular weight excluding hydrogens is 244 g/mol. The molecule has 2 aromatic rings. The predicted octanol–water partition coefficient (Wildman–Crippen LogP) is 1.24. The second kappa shape index (κ2) is 5.43. The Bertz CT molecular complexity index is 592. The molecule has 1 aromatic heterocycles. The Morgan fingerprint density at radius 1 is 1.47 bits per heavy atom. The third kappa shape index (κ3) is 3.04. The maximum absolute atomic E-state index is 12.0. The van der Waals surface area contributed by atoms with Gasteiger partial charge < -0.3 is 15.8 Å². The molecule has 0 radical (unpaired) electrons. The van der Waals surface area contributed by atoms with Crippen LogP contribution in [0.1, 0.15) is 21.6 Å². The largest absolute Gasteiger partial charge is 0.497 e. The van der Waals surface area contributed by atoms with Gasteiger partial charge in [-0.25, -0.2) is 0 Å². The van der Waals surface area contributed by atoms with Gasteiger partial charge in [-0.2, -0.15) is 5.10 Å². The Labute approximate surface area is 111 Å². The number of carbonyl (C=O) groups is 1. The number of rotatable bonds is 4. The highest BCUT2D eigenvalue weighted by atomic mass is 16.5. The number of nitrogens with one attached hydrogen (secondary N) is 2. The fraction of sp³-hybridized carbons (Fsp3) is 0.231. The Morgan fingerprint density at radius 3 is 2.89 bits per heavy atom. The van der Waals surface area contributed by atoms with Crippen LogP contribution in [0.4, 0.5) is 5.69 Å². The molecule has 0 aliphatic carbocycles. The first kappa shape index (κ1) is 12.9. The third-order valence-corrected chi connectivity index (χ3v) is 2.80. The summed E-state index contributed by atoms with van der Waals surface area (Å²) in [4.78, 5) is 12.0. The van der Waals surface area contributed by atoms with Gasteiger partial charge in [0.25, 0.3) is 5.91 Å². The minimum absolute atomic E-state index is 0.203. The van der Waals surface area contributed by atoms with Crippen molar-refractivity contribution in [3.63, 3.8) is 0 Å². The van der Waals surface area contributed by atoms with E-state index in [1.165, 1.54) is 7.11 Å². The number of aromatic nitrogens is 2. The van der Waals surface area contributed by atoms with Crippen molar-refractivity contribution in [3.8, 4) is 5.75 Å². The number of anilines is 1. The maximum atomic E-state index is 12.0. The average molecular weight is 260 g/mol. The first-order valence-corrected chi connectivity index (χ1v) is 5.81. The van der Waals surface area contributed by atoms with Crippen LogP contribution in [0, 0.1) is 6.92 Å². The first-order valence-electron chi connectivity index (χ1n) is 5.81. The number of aryl methyl sites for hydroxylation is 1. The number of amides is 1. The molecule has 0 aliphatic heterocycles. The van der Waals surface area contributed by atoms with Crippen molar-refractivity contribution in [1.82, 2.24) is 15.5 Å². The molecule has 6 nitrogen and oxygen atoms in total. The maximum Gasteiger partial charge on any atom is 0.251 e. The molecule has 1 heterocycles. The molecule has 0 atom stereocenters. The first-order chi connectivity index (χ1) is 9.10.